The first-order valence-corrected chi connectivity index (χ1v) is 6.96. The summed E-state index contributed by atoms with van der Waals surface area (Å²) in [7, 11) is 0. The van der Waals surface area contributed by atoms with E-state index in [9.17, 15) is 0 Å². The van der Waals surface area contributed by atoms with Crippen molar-refractivity contribution in [3.05, 3.63) is 52.0 Å². The van der Waals surface area contributed by atoms with E-state index in [0.29, 0.717) is 0 Å². The number of imidazole rings is 1. The third-order valence-electron chi connectivity index (χ3n) is 2.96. The maximum absolute atomic E-state index is 5.89. The molecule has 3 nitrogen and oxygen atoms in total. The summed E-state index contributed by atoms with van der Waals surface area (Å²) in [5.41, 5.74) is 8.10. The van der Waals surface area contributed by atoms with Crippen LogP contribution in [0.5, 0.6) is 0 Å². The second-order valence-corrected chi connectivity index (χ2v) is 5.30. The molecule has 0 saturated carbocycles. The molecule has 0 aliphatic rings. The number of hydrogen-bond acceptors (Lipinski definition) is 2. The molecule has 4 heteroatoms. The fraction of sp³-hybridized carbons (Fsp3) is 0.357. The lowest BCUT2D eigenvalue weighted by atomic mass is 10.2. The van der Waals surface area contributed by atoms with Crippen molar-refractivity contribution in [1.82, 2.24) is 9.55 Å². The normalized spacial score (nSPS) is 12.7. The Morgan fingerprint density at radius 2 is 2.11 bits per heavy atom. The summed E-state index contributed by atoms with van der Waals surface area (Å²) >= 11 is 3.58. The van der Waals surface area contributed by atoms with Crippen LogP contribution in [0.25, 0.3) is 0 Å². The average molecular weight is 308 g/mol. The number of aromatic nitrogens is 2. The minimum atomic E-state index is -0.0178. The van der Waals surface area contributed by atoms with E-state index in [1.54, 1.807) is 0 Å². The van der Waals surface area contributed by atoms with Gasteiger partial charge in [-0.25, -0.2) is 4.98 Å². The number of aryl methyl sites for hydroxylation is 1. The summed E-state index contributed by atoms with van der Waals surface area (Å²) in [5, 5.41) is 0. The quantitative estimate of drug-likeness (QED) is 0.942. The van der Waals surface area contributed by atoms with Crippen LogP contribution in [0.15, 0.2) is 34.9 Å². The minimum absolute atomic E-state index is 0.0178. The number of rotatable bonds is 4. The highest BCUT2D eigenvalue weighted by Crippen LogP contribution is 2.19. The van der Waals surface area contributed by atoms with E-state index in [-0.39, 0.29) is 6.04 Å². The van der Waals surface area contributed by atoms with Gasteiger partial charge in [-0.15, -0.1) is 0 Å². The van der Waals surface area contributed by atoms with Crippen LogP contribution >= 0.6 is 15.9 Å². The second-order valence-electron chi connectivity index (χ2n) is 4.44. The van der Waals surface area contributed by atoms with Gasteiger partial charge in [0.25, 0.3) is 0 Å². The lowest BCUT2D eigenvalue weighted by molar-refractivity contribution is 0.730. The molecule has 2 rings (SSSR count). The van der Waals surface area contributed by atoms with Crippen molar-refractivity contribution >= 4 is 15.9 Å². The van der Waals surface area contributed by atoms with Crippen molar-refractivity contribution in [1.29, 1.82) is 0 Å². The van der Waals surface area contributed by atoms with Crippen molar-refractivity contribution < 1.29 is 0 Å². The predicted molar refractivity (Wildman–Crippen MR) is 77.5 cm³/mol. The van der Waals surface area contributed by atoms with E-state index in [2.05, 4.69) is 56.8 Å². The molecule has 0 aliphatic carbocycles. The highest BCUT2D eigenvalue weighted by molar-refractivity contribution is 9.10. The fourth-order valence-electron chi connectivity index (χ4n) is 1.92. The summed E-state index contributed by atoms with van der Waals surface area (Å²) in [6.07, 6.45) is 2.97. The third kappa shape index (κ3) is 2.82. The molecule has 0 radical (unpaired) electrons. The molecule has 1 atom stereocenters. The predicted octanol–water partition coefficient (Wildman–Crippen LogP) is 3.28. The standard InChI is InChI=1S/C14H18BrN3/c1-3-14-17-13(10(2)16)9-18(14)8-11-6-4-5-7-12(11)15/h4-7,9-10H,3,8,16H2,1-2H3/t10-/m0/s1. The van der Waals surface area contributed by atoms with Crippen molar-refractivity contribution in [2.45, 2.75) is 32.9 Å². The summed E-state index contributed by atoms with van der Waals surface area (Å²) in [4.78, 5) is 4.58. The monoisotopic (exact) mass is 307 g/mol. The van der Waals surface area contributed by atoms with Gasteiger partial charge >= 0.3 is 0 Å². The van der Waals surface area contributed by atoms with Crippen LogP contribution in [0.3, 0.4) is 0 Å². The molecule has 1 heterocycles. The summed E-state index contributed by atoms with van der Waals surface area (Å²) in [6.45, 7) is 4.90. The van der Waals surface area contributed by atoms with Crippen LogP contribution in [-0.2, 0) is 13.0 Å². The maximum atomic E-state index is 5.89. The van der Waals surface area contributed by atoms with E-state index in [1.165, 1.54) is 5.56 Å². The van der Waals surface area contributed by atoms with Gasteiger partial charge in [0.15, 0.2) is 0 Å². The van der Waals surface area contributed by atoms with Gasteiger partial charge in [0.2, 0.25) is 0 Å². The Labute approximate surface area is 116 Å². The first-order valence-electron chi connectivity index (χ1n) is 6.16. The third-order valence-corrected chi connectivity index (χ3v) is 3.73. The molecular formula is C14H18BrN3. The van der Waals surface area contributed by atoms with Crippen molar-refractivity contribution in [3.63, 3.8) is 0 Å². The van der Waals surface area contributed by atoms with E-state index >= 15 is 0 Å². The van der Waals surface area contributed by atoms with Gasteiger partial charge in [0.1, 0.15) is 5.82 Å². The molecule has 0 unspecified atom stereocenters. The molecule has 18 heavy (non-hydrogen) atoms. The zero-order valence-corrected chi connectivity index (χ0v) is 12.3. The molecular weight excluding hydrogens is 290 g/mol. The Morgan fingerprint density at radius 3 is 2.72 bits per heavy atom. The second kappa shape index (κ2) is 5.67. The van der Waals surface area contributed by atoms with Gasteiger partial charge in [0.05, 0.1) is 5.69 Å². The van der Waals surface area contributed by atoms with Gasteiger partial charge in [-0.3, -0.25) is 0 Å². The highest BCUT2D eigenvalue weighted by atomic mass is 79.9. The molecule has 0 bridgehead atoms. The van der Waals surface area contributed by atoms with Gasteiger partial charge in [-0.1, -0.05) is 41.1 Å². The lowest BCUT2D eigenvalue weighted by Gasteiger charge is -2.08. The Bertz CT molecular complexity index is 532. The molecule has 0 saturated heterocycles. The first-order chi connectivity index (χ1) is 8.61. The summed E-state index contributed by atoms with van der Waals surface area (Å²) in [5.74, 6) is 1.08. The fourth-order valence-corrected chi connectivity index (χ4v) is 2.34. The Kier molecular flexibility index (Phi) is 4.19. The SMILES string of the molecule is CCc1nc([C@H](C)N)cn1Cc1ccccc1Br. The summed E-state index contributed by atoms with van der Waals surface area (Å²) < 4.78 is 3.31. The molecule has 1 aromatic carbocycles. The van der Waals surface area contributed by atoms with E-state index in [0.717, 1.165) is 29.0 Å². The van der Waals surface area contributed by atoms with Gasteiger partial charge < -0.3 is 10.3 Å². The molecule has 2 N–H and O–H groups in total. The van der Waals surface area contributed by atoms with Crippen LogP contribution in [0.4, 0.5) is 0 Å². The molecule has 96 valence electrons. The van der Waals surface area contributed by atoms with E-state index in [1.807, 2.05) is 13.0 Å². The lowest BCUT2D eigenvalue weighted by Crippen LogP contribution is -2.05. The topological polar surface area (TPSA) is 43.8 Å². The number of benzene rings is 1. The molecule has 0 amide bonds. The maximum Gasteiger partial charge on any atom is 0.109 e. The first kappa shape index (κ1) is 13.3. The average Bonchev–Trinajstić information content (AvgIpc) is 2.75. The largest absolute Gasteiger partial charge is 0.330 e. The molecule has 0 fully saturated rings. The Hall–Kier alpha value is -1.13. The summed E-state index contributed by atoms with van der Waals surface area (Å²) in [6, 6.07) is 8.24. The van der Waals surface area contributed by atoms with Gasteiger partial charge in [-0.05, 0) is 18.6 Å². The smallest absolute Gasteiger partial charge is 0.109 e. The molecule has 0 spiro atoms. The number of nitrogens with two attached hydrogens (primary N) is 1. The van der Waals surface area contributed by atoms with Crippen LogP contribution < -0.4 is 5.73 Å². The van der Waals surface area contributed by atoms with Gasteiger partial charge in [-0.2, -0.15) is 0 Å². The Balaban J connectivity index is 2.31. The molecule has 0 aliphatic heterocycles. The Morgan fingerprint density at radius 1 is 1.39 bits per heavy atom. The van der Waals surface area contributed by atoms with Crippen molar-refractivity contribution in [2.24, 2.45) is 5.73 Å². The number of nitrogens with zero attached hydrogens (tertiary/aromatic N) is 2. The minimum Gasteiger partial charge on any atom is -0.330 e. The van der Waals surface area contributed by atoms with Crippen LogP contribution in [0.2, 0.25) is 0 Å². The van der Waals surface area contributed by atoms with Crippen LogP contribution in [0.1, 0.15) is 37.0 Å². The highest BCUT2D eigenvalue weighted by Gasteiger charge is 2.10. The molecule has 1 aromatic heterocycles. The number of halogens is 1. The molecule has 2 aromatic rings. The van der Waals surface area contributed by atoms with E-state index < -0.39 is 0 Å². The van der Waals surface area contributed by atoms with E-state index in [4.69, 9.17) is 5.73 Å². The zero-order chi connectivity index (χ0) is 13.1. The van der Waals surface area contributed by atoms with Gasteiger partial charge in [0, 0.05) is 29.7 Å². The van der Waals surface area contributed by atoms with Crippen LogP contribution in [0, 0.1) is 0 Å². The van der Waals surface area contributed by atoms with Crippen molar-refractivity contribution in [3.8, 4) is 0 Å². The van der Waals surface area contributed by atoms with Crippen LogP contribution in [-0.4, -0.2) is 9.55 Å². The number of hydrogen-bond donors (Lipinski definition) is 1. The van der Waals surface area contributed by atoms with Crippen molar-refractivity contribution in [2.75, 3.05) is 0 Å². The zero-order valence-electron chi connectivity index (χ0n) is 10.7.